The second kappa shape index (κ2) is 6.91. The van der Waals surface area contributed by atoms with Crippen LogP contribution in [0.3, 0.4) is 0 Å². The van der Waals surface area contributed by atoms with Crippen LogP contribution in [0.4, 0.5) is 0 Å². The van der Waals surface area contributed by atoms with Crippen molar-refractivity contribution in [2.24, 2.45) is 0 Å². The highest BCUT2D eigenvalue weighted by atomic mass is 16.5. The van der Waals surface area contributed by atoms with E-state index in [0.717, 1.165) is 6.54 Å². The van der Waals surface area contributed by atoms with Crippen LogP contribution < -0.4 is 5.32 Å². The Bertz CT molecular complexity index is 227. The van der Waals surface area contributed by atoms with Crippen molar-refractivity contribution in [2.45, 2.75) is 95.8 Å². The van der Waals surface area contributed by atoms with E-state index in [4.69, 9.17) is 4.74 Å². The van der Waals surface area contributed by atoms with E-state index in [2.05, 4.69) is 19.2 Å². The lowest BCUT2D eigenvalue weighted by Gasteiger charge is -2.44. The Hall–Kier alpha value is -0.0800. The highest BCUT2D eigenvalue weighted by molar-refractivity contribution is 4.91. The largest absolute Gasteiger partial charge is 0.372 e. The average Bonchev–Trinajstić information content (AvgIpc) is 2.53. The summed E-state index contributed by atoms with van der Waals surface area (Å²) in [5.41, 5.74) is 0.247. The molecule has 0 amide bonds. The predicted molar refractivity (Wildman–Crippen MR) is 76.9 cm³/mol. The molecule has 0 saturated heterocycles. The van der Waals surface area contributed by atoms with Gasteiger partial charge in [0.25, 0.3) is 0 Å². The molecule has 2 saturated carbocycles. The Morgan fingerprint density at radius 1 is 1.06 bits per heavy atom. The van der Waals surface area contributed by atoms with Gasteiger partial charge in [0.1, 0.15) is 0 Å². The standard InChI is InChI=1S/C16H31NO/c1-14(2)17-13-12-16(10-7-11-16)18-15-8-5-3-4-6-9-15/h14-15,17H,3-13H2,1-2H3. The first kappa shape index (κ1) is 14.3. The average molecular weight is 253 g/mol. The zero-order valence-electron chi connectivity index (χ0n) is 12.3. The van der Waals surface area contributed by atoms with Crippen LogP contribution in [-0.4, -0.2) is 24.3 Å². The molecule has 0 bridgehead atoms. The molecule has 0 aromatic heterocycles. The van der Waals surface area contributed by atoms with E-state index < -0.39 is 0 Å². The molecule has 0 aliphatic heterocycles. The minimum atomic E-state index is 0.247. The predicted octanol–water partition coefficient (Wildman–Crippen LogP) is 4.04. The fraction of sp³-hybridized carbons (Fsp3) is 1.00. The third kappa shape index (κ3) is 4.24. The Morgan fingerprint density at radius 2 is 1.72 bits per heavy atom. The summed E-state index contributed by atoms with van der Waals surface area (Å²) >= 11 is 0. The summed E-state index contributed by atoms with van der Waals surface area (Å²) in [7, 11) is 0. The SMILES string of the molecule is CC(C)NCCC1(OC2CCCCCC2)CCC1. The van der Waals surface area contributed by atoms with Gasteiger partial charge >= 0.3 is 0 Å². The van der Waals surface area contributed by atoms with Crippen LogP contribution in [0, 0.1) is 0 Å². The second-order valence-corrected chi connectivity index (χ2v) is 6.63. The molecule has 2 nitrogen and oxygen atoms in total. The van der Waals surface area contributed by atoms with Crippen molar-refractivity contribution in [2.75, 3.05) is 6.54 Å². The first-order valence-corrected chi connectivity index (χ1v) is 8.11. The fourth-order valence-corrected chi connectivity index (χ4v) is 3.30. The van der Waals surface area contributed by atoms with Gasteiger partial charge in [0.05, 0.1) is 11.7 Å². The third-order valence-corrected chi connectivity index (χ3v) is 4.62. The first-order chi connectivity index (χ1) is 8.70. The molecule has 2 aliphatic rings. The molecule has 2 aliphatic carbocycles. The Morgan fingerprint density at radius 3 is 2.22 bits per heavy atom. The van der Waals surface area contributed by atoms with E-state index in [0.29, 0.717) is 12.1 Å². The van der Waals surface area contributed by atoms with Gasteiger partial charge in [-0.3, -0.25) is 0 Å². The molecule has 0 atom stereocenters. The van der Waals surface area contributed by atoms with Gasteiger partial charge in [-0.1, -0.05) is 39.5 Å². The molecule has 2 fully saturated rings. The molecule has 2 heteroatoms. The summed E-state index contributed by atoms with van der Waals surface area (Å²) in [6.45, 7) is 5.56. The lowest BCUT2D eigenvalue weighted by Crippen LogP contribution is -2.45. The topological polar surface area (TPSA) is 21.3 Å². The molecule has 18 heavy (non-hydrogen) atoms. The van der Waals surface area contributed by atoms with Gasteiger partial charge in [0.2, 0.25) is 0 Å². The van der Waals surface area contributed by atoms with E-state index in [1.807, 2.05) is 0 Å². The van der Waals surface area contributed by atoms with Gasteiger partial charge in [-0.15, -0.1) is 0 Å². The van der Waals surface area contributed by atoms with Crippen LogP contribution in [0.15, 0.2) is 0 Å². The maximum Gasteiger partial charge on any atom is 0.0698 e. The van der Waals surface area contributed by atoms with Crippen molar-refractivity contribution in [1.29, 1.82) is 0 Å². The molecule has 0 radical (unpaired) electrons. The third-order valence-electron chi connectivity index (χ3n) is 4.62. The Kier molecular flexibility index (Phi) is 5.50. The Labute approximate surface area is 113 Å². The zero-order valence-corrected chi connectivity index (χ0v) is 12.3. The minimum absolute atomic E-state index is 0.247. The summed E-state index contributed by atoms with van der Waals surface area (Å²) in [6, 6.07) is 0.597. The van der Waals surface area contributed by atoms with Crippen molar-refractivity contribution in [3.05, 3.63) is 0 Å². The van der Waals surface area contributed by atoms with E-state index >= 15 is 0 Å². The highest BCUT2D eigenvalue weighted by Gasteiger charge is 2.39. The van der Waals surface area contributed by atoms with E-state index in [-0.39, 0.29) is 5.60 Å². The highest BCUT2D eigenvalue weighted by Crippen LogP contribution is 2.41. The molecular formula is C16H31NO. The van der Waals surface area contributed by atoms with Crippen molar-refractivity contribution in [1.82, 2.24) is 5.32 Å². The van der Waals surface area contributed by atoms with Crippen LogP contribution in [0.1, 0.15) is 78.1 Å². The van der Waals surface area contributed by atoms with E-state index in [9.17, 15) is 0 Å². The van der Waals surface area contributed by atoms with Crippen LogP contribution >= 0.6 is 0 Å². The molecule has 0 spiro atoms. The number of nitrogens with one attached hydrogen (secondary N) is 1. The van der Waals surface area contributed by atoms with Crippen molar-refractivity contribution in [3.63, 3.8) is 0 Å². The molecule has 0 aromatic rings. The number of hydrogen-bond donors (Lipinski definition) is 1. The maximum atomic E-state index is 6.54. The quantitative estimate of drug-likeness (QED) is 0.721. The van der Waals surface area contributed by atoms with Crippen LogP contribution in [0.5, 0.6) is 0 Å². The summed E-state index contributed by atoms with van der Waals surface area (Å²) in [5, 5.41) is 3.54. The molecule has 106 valence electrons. The van der Waals surface area contributed by atoms with Crippen LogP contribution in [-0.2, 0) is 4.74 Å². The summed E-state index contributed by atoms with van der Waals surface area (Å²) in [6.07, 6.45) is 13.9. The lowest BCUT2D eigenvalue weighted by atomic mass is 9.77. The van der Waals surface area contributed by atoms with Crippen molar-refractivity contribution >= 4 is 0 Å². The monoisotopic (exact) mass is 253 g/mol. The van der Waals surface area contributed by atoms with E-state index in [1.54, 1.807) is 0 Å². The maximum absolute atomic E-state index is 6.54. The second-order valence-electron chi connectivity index (χ2n) is 6.63. The van der Waals surface area contributed by atoms with Crippen molar-refractivity contribution in [3.8, 4) is 0 Å². The molecule has 1 N–H and O–H groups in total. The molecule has 0 heterocycles. The van der Waals surface area contributed by atoms with Gasteiger partial charge in [-0.25, -0.2) is 0 Å². The minimum Gasteiger partial charge on any atom is -0.372 e. The molecular weight excluding hydrogens is 222 g/mol. The van der Waals surface area contributed by atoms with Gasteiger partial charge in [-0.2, -0.15) is 0 Å². The molecule has 2 rings (SSSR count). The molecule has 0 aromatic carbocycles. The van der Waals surface area contributed by atoms with Gasteiger partial charge in [0, 0.05) is 6.04 Å². The zero-order chi connectivity index (χ0) is 12.8. The number of hydrogen-bond acceptors (Lipinski definition) is 2. The normalized spacial score (nSPS) is 24.8. The number of ether oxygens (including phenoxy) is 1. The van der Waals surface area contributed by atoms with Crippen LogP contribution in [0.25, 0.3) is 0 Å². The summed E-state index contributed by atoms with van der Waals surface area (Å²) in [4.78, 5) is 0. The van der Waals surface area contributed by atoms with Gasteiger partial charge in [0.15, 0.2) is 0 Å². The van der Waals surface area contributed by atoms with Gasteiger partial charge < -0.3 is 10.1 Å². The number of rotatable bonds is 6. The van der Waals surface area contributed by atoms with E-state index in [1.165, 1.54) is 64.2 Å². The lowest BCUT2D eigenvalue weighted by molar-refractivity contribution is -0.146. The Balaban J connectivity index is 1.76. The van der Waals surface area contributed by atoms with Gasteiger partial charge in [-0.05, 0) is 45.1 Å². The fourth-order valence-electron chi connectivity index (χ4n) is 3.30. The summed E-state index contributed by atoms with van der Waals surface area (Å²) < 4.78 is 6.54. The summed E-state index contributed by atoms with van der Waals surface area (Å²) in [5.74, 6) is 0. The smallest absolute Gasteiger partial charge is 0.0698 e. The molecule has 0 unspecified atom stereocenters. The van der Waals surface area contributed by atoms with Crippen molar-refractivity contribution < 1.29 is 4.74 Å². The first-order valence-electron chi connectivity index (χ1n) is 8.11. The van der Waals surface area contributed by atoms with Crippen LogP contribution in [0.2, 0.25) is 0 Å².